The molecule has 0 saturated carbocycles. The Morgan fingerprint density at radius 3 is 2.57 bits per heavy atom. The first kappa shape index (κ1) is 16.7. The van der Waals surface area contributed by atoms with Crippen LogP contribution >= 0.6 is 0 Å². The Kier molecular flexibility index (Phi) is 4.53. The number of amides is 1. The zero-order valence-electron chi connectivity index (χ0n) is 12.3. The number of carbonyl (C=O) groups is 1. The molecule has 0 fully saturated rings. The Balaban J connectivity index is 2.50. The van der Waals surface area contributed by atoms with E-state index in [-0.39, 0.29) is 11.3 Å². The molecular weight excluding hydrogens is 314 g/mol. The molecule has 0 atom stereocenters. The number of hydrogen-bond acceptors (Lipinski definition) is 3. The van der Waals surface area contributed by atoms with E-state index in [9.17, 15) is 22.4 Å². The fourth-order valence-electron chi connectivity index (χ4n) is 2.04. The van der Waals surface area contributed by atoms with E-state index < -0.39 is 29.3 Å². The fourth-order valence-corrected chi connectivity index (χ4v) is 2.04. The largest absolute Gasteiger partial charge is 0.419 e. The molecule has 0 aliphatic carbocycles. The molecule has 0 spiro atoms. The third-order valence-corrected chi connectivity index (χ3v) is 3.21. The van der Waals surface area contributed by atoms with Crippen LogP contribution in [0.3, 0.4) is 0 Å². The first-order chi connectivity index (χ1) is 10.7. The highest BCUT2D eigenvalue weighted by Crippen LogP contribution is 2.35. The second-order valence-electron chi connectivity index (χ2n) is 4.73. The van der Waals surface area contributed by atoms with Gasteiger partial charge in [0.05, 0.1) is 5.56 Å². The molecule has 23 heavy (non-hydrogen) atoms. The normalized spacial score (nSPS) is 11.2. The summed E-state index contributed by atoms with van der Waals surface area (Å²) in [5.41, 5.74) is -0.609. The van der Waals surface area contributed by atoms with Crippen LogP contribution in [0, 0.1) is 12.7 Å². The summed E-state index contributed by atoms with van der Waals surface area (Å²) in [6.07, 6.45) is -3.42. The van der Waals surface area contributed by atoms with Gasteiger partial charge in [0.15, 0.2) is 0 Å². The maximum Gasteiger partial charge on any atom is 0.419 e. The monoisotopic (exact) mass is 327 g/mol. The molecule has 0 aliphatic rings. The highest BCUT2D eigenvalue weighted by molar-refractivity contribution is 5.97. The van der Waals surface area contributed by atoms with E-state index in [4.69, 9.17) is 0 Å². The molecule has 2 aromatic rings. The van der Waals surface area contributed by atoms with E-state index in [2.05, 4.69) is 15.6 Å². The van der Waals surface area contributed by atoms with E-state index in [1.807, 2.05) is 0 Å². The van der Waals surface area contributed by atoms with Crippen LogP contribution in [0.1, 0.15) is 21.5 Å². The quantitative estimate of drug-likeness (QED) is 0.846. The Labute approximate surface area is 129 Å². The summed E-state index contributed by atoms with van der Waals surface area (Å²) in [7, 11) is 1.38. The Morgan fingerprint density at radius 1 is 1.26 bits per heavy atom. The number of rotatable bonds is 3. The summed E-state index contributed by atoms with van der Waals surface area (Å²) in [4.78, 5) is 15.4. The lowest BCUT2D eigenvalue weighted by molar-refractivity contribution is -0.137. The number of carbonyl (C=O) groups excluding carboxylic acids is 1. The molecule has 1 aromatic carbocycles. The first-order valence-electron chi connectivity index (χ1n) is 6.55. The molecule has 1 aromatic heterocycles. The van der Waals surface area contributed by atoms with Gasteiger partial charge >= 0.3 is 6.18 Å². The van der Waals surface area contributed by atoms with Gasteiger partial charge < -0.3 is 10.6 Å². The molecule has 4 nitrogen and oxygen atoms in total. The van der Waals surface area contributed by atoms with E-state index in [1.165, 1.54) is 20.2 Å². The molecule has 2 rings (SSSR count). The Bertz CT molecular complexity index is 744. The number of pyridine rings is 1. The molecular formula is C15H13F4N3O. The van der Waals surface area contributed by atoms with Crippen LogP contribution in [0.25, 0.3) is 0 Å². The molecule has 0 unspecified atom stereocenters. The van der Waals surface area contributed by atoms with E-state index in [1.54, 1.807) is 0 Å². The van der Waals surface area contributed by atoms with E-state index in [0.29, 0.717) is 5.56 Å². The van der Waals surface area contributed by atoms with Gasteiger partial charge in [-0.2, -0.15) is 13.2 Å². The summed E-state index contributed by atoms with van der Waals surface area (Å²) >= 11 is 0. The summed E-state index contributed by atoms with van der Waals surface area (Å²) < 4.78 is 52.6. The van der Waals surface area contributed by atoms with Crippen LogP contribution < -0.4 is 10.6 Å². The van der Waals surface area contributed by atoms with Crippen molar-refractivity contribution >= 4 is 17.4 Å². The average molecular weight is 327 g/mol. The molecule has 0 aliphatic heterocycles. The van der Waals surface area contributed by atoms with Gasteiger partial charge in [-0.25, -0.2) is 9.37 Å². The third kappa shape index (κ3) is 3.58. The van der Waals surface area contributed by atoms with Gasteiger partial charge in [0.2, 0.25) is 0 Å². The van der Waals surface area contributed by atoms with Crippen LogP contribution in [0.15, 0.2) is 30.5 Å². The average Bonchev–Trinajstić information content (AvgIpc) is 2.49. The van der Waals surface area contributed by atoms with Crippen molar-refractivity contribution < 1.29 is 22.4 Å². The van der Waals surface area contributed by atoms with Crippen molar-refractivity contribution in [3.8, 4) is 0 Å². The summed E-state index contributed by atoms with van der Waals surface area (Å²) in [6, 6.07) is 4.05. The van der Waals surface area contributed by atoms with Crippen molar-refractivity contribution in [2.24, 2.45) is 0 Å². The number of aromatic nitrogens is 1. The minimum Gasteiger partial charge on any atom is -0.355 e. The number of hydrogen-bond donors (Lipinski definition) is 2. The van der Waals surface area contributed by atoms with Crippen LogP contribution in [-0.4, -0.2) is 17.9 Å². The molecule has 0 radical (unpaired) electrons. The predicted molar refractivity (Wildman–Crippen MR) is 77.0 cm³/mol. The number of nitrogens with one attached hydrogen (secondary N) is 2. The summed E-state index contributed by atoms with van der Waals surface area (Å²) in [5.74, 6) is -1.75. The minimum atomic E-state index is -4.61. The maximum atomic E-state index is 13.7. The van der Waals surface area contributed by atoms with Gasteiger partial charge in [-0.15, -0.1) is 0 Å². The van der Waals surface area contributed by atoms with Gasteiger partial charge in [0.1, 0.15) is 11.6 Å². The van der Waals surface area contributed by atoms with Crippen molar-refractivity contribution in [1.82, 2.24) is 10.3 Å². The highest BCUT2D eigenvalue weighted by Gasteiger charge is 2.34. The zero-order valence-corrected chi connectivity index (χ0v) is 12.3. The van der Waals surface area contributed by atoms with Gasteiger partial charge in [0.25, 0.3) is 5.91 Å². The van der Waals surface area contributed by atoms with Crippen LogP contribution in [0.2, 0.25) is 0 Å². The van der Waals surface area contributed by atoms with Crippen molar-refractivity contribution in [2.75, 3.05) is 12.4 Å². The van der Waals surface area contributed by atoms with Crippen molar-refractivity contribution in [2.45, 2.75) is 13.1 Å². The van der Waals surface area contributed by atoms with Crippen molar-refractivity contribution in [1.29, 1.82) is 0 Å². The Hall–Kier alpha value is -2.64. The standard InChI is InChI=1S/C15H13F4N3O/c1-8-10(14(23)20-2)6-9(16)7-12(8)22-13-11(15(17,18)19)4-3-5-21-13/h3-7H,1-2H3,(H,20,23)(H,21,22). The third-order valence-electron chi connectivity index (χ3n) is 3.21. The number of nitrogens with zero attached hydrogens (tertiary/aromatic N) is 1. The molecule has 1 heterocycles. The molecule has 1 amide bonds. The van der Waals surface area contributed by atoms with Crippen molar-refractivity contribution in [3.05, 3.63) is 53.0 Å². The van der Waals surface area contributed by atoms with Crippen LogP contribution in [0.5, 0.6) is 0 Å². The number of alkyl halides is 3. The van der Waals surface area contributed by atoms with Gasteiger partial charge in [-0.1, -0.05) is 0 Å². The fraction of sp³-hybridized carbons (Fsp3) is 0.200. The zero-order chi connectivity index (χ0) is 17.2. The molecule has 0 saturated heterocycles. The maximum absolute atomic E-state index is 13.7. The van der Waals surface area contributed by atoms with Crippen molar-refractivity contribution in [3.63, 3.8) is 0 Å². The number of halogens is 4. The van der Waals surface area contributed by atoms with Crippen LogP contribution in [-0.2, 0) is 6.18 Å². The summed E-state index contributed by atoms with van der Waals surface area (Å²) in [6.45, 7) is 1.50. The first-order valence-corrected chi connectivity index (χ1v) is 6.55. The predicted octanol–water partition coefficient (Wildman–Crippen LogP) is 3.65. The highest BCUT2D eigenvalue weighted by atomic mass is 19.4. The van der Waals surface area contributed by atoms with Crippen LogP contribution in [0.4, 0.5) is 29.1 Å². The van der Waals surface area contributed by atoms with Gasteiger partial charge in [-0.05, 0) is 36.8 Å². The summed E-state index contributed by atoms with van der Waals surface area (Å²) in [5, 5.41) is 4.80. The lowest BCUT2D eigenvalue weighted by atomic mass is 10.1. The lowest BCUT2D eigenvalue weighted by Gasteiger charge is -2.16. The smallest absolute Gasteiger partial charge is 0.355 e. The number of benzene rings is 1. The topological polar surface area (TPSA) is 54.0 Å². The molecule has 122 valence electrons. The van der Waals surface area contributed by atoms with Gasteiger partial charge in [0, 0.05) is 24.5 Å². The second-order valence-corrected chi connectivity index (χ2v) is 4.73. The lowest BCUT2D eigenvalue weighted by Crippen LogP contribution is -2.20. The minimum absolute atomic E-state index is 0.0273. The SMILES string of the molecule is CNC(=O)c1cc(F)cc(Nc2ncccc2C(F)(F)F)c1C. The van der Waals surface area contributed by atoms with E-state index in [0.717, 1.165) is 24.3 Å². The number of anilines is 2. The van der Waals surface area contributed by atoms with E-state index >= 15 is 0 Å². The Morgan fingerprint density at radius 2 is 1.96 bits per heavy atom. The molecule has 2 N–H and O–H groups in total. The molecule has 0 bridgehead atoms. The molecule has 8 heteroatoms. The van der Waals surface area contributed by atoms with Gasteiger partial charge in [-0.3, -0.25) is 4.79 Å². The second kappa shape index (κ2) is 6.23.